The van der Waals surface area contributed by atoms with Crippen LogP contribution in [0.1, 0.15) is 34.6 Å². The van der Waals surface area contributed by atoms with E-state index in [1.807, 2.05) is 20.7 Å². The topological polar surface area (TPSA) is 63.6 Å². The standard InChI is InChI=1S/C11H14BFO2.C8H8BFO2/c1-8(2)15-12(3)11-5-4-10(13)6-9(11)7-14;1-9(12)8-3-2-7(10)4-6(8)5-11/h4-8H,1-3H3;2-5,12H,1H3. The monoisotopic (exact) mass is 374 g/mol. The van der Waals surface area contributed by atoms with Crippen LogP contribution in [0, 0.1) is 11.6 Å². The molecule has 0 aliphatic heterocycles. The highest BCUT2D eigenvalue weighted by Crippen LogP contribution is 2.03. The Balaban J connectivity index is 0.000000277. The number of halogens is 2. The van der Waals surface area contributed by atoms with Crippen LogP contribution in [0.3, 0.4) is 0 Å². The quantitative estimate of drug-likeness (QED) is 0.623. The molecule has 0 amide bonds. The molecule has 0 unspecified atom stereocenters. The highest BCUT2D eigenvalue weighted by atomic mass is 19.1. The zero-order valence-corrected chi connectivity index (χ0v) is 15.8. The predicted molar refractivity (Wildman–Crippen MR) is 105 cm³/mol. The van der Waals surface area contributed by atoms with E-state index in [2.05, 4.69) is 0 Å². The molecule has 0 saturated heterocycles. The SMILES string of the molecule is CB(O)c1ccc(F)cc1C=O.CB(OC(C)C)c1ccc(F)cc1C=O. The summed E-state index contributed by atoms with van der Waals surface area (Å²) >= 11 is 0. The van der Waals surface area contributed by atoms with Crippen LogP contribution < -0.4 is 10.9 Å². The van der Waals surface area contributed by atoms with Crippen molar-refractivity contribution in [2.24, 2.45) is 0 Å². The van der Waals surface area contributed by atoms with Crippen LogP contribution in [-0.4, -0.2) is 37.5 Å². The number of aldehydes is 2. The Morgan fingerprint density at radius 1 is 0.926 bits per heavy atom. The summed E-state index contributed by atoms with van der Waals surface area (Å²) in [7, 11) is 0. The summed E-state index contributed by atoms with van der Waals surface area (Å²) in [5.74, 6) is -0.876. The Morgan fingerprint density at radius 3 is 1.78 bits per heavy atom. The van der Waals surface area contributed by atoms with Crippen molar-refractivity contribution in [1.29, 1.82) is 0 Å². The van der Waals surface area contributed by atoms with E-state index in [4.69, 9.17) is 9.68 Å². The van der Waals surface area contributed by atoms with Gasteiger partial charge < -0.3 is 9.68 Å². The maximum atomic E-state index is 12.9. The molecule has 1 N–H and O–H groups in total. The average Bonchev–Trinajstić information content (AvgIpc) is 2.60. The molecule has 0 radical (unpaired) electrons. The molecule has 2 aromatic carbocycles. The van der Waals surface area contributed by atoms with Crippen molar-refractivity contribution < 1.29 is 28.0 Å². The van der Waals surface area contributed by atoms with Crippen LogP contribution in [0.25, 0.3) is 0 Å². The molecule has 27 heavy (non-hydrogen) atoms. The van der Waals surface area contributed by atoms with Gasteiger partial charge in [-0.1, -0.05) is 25.8 Å². The third-order valence-corrected chi connectivity index (χ3v) is 3.72. The van der Waals surface area contributed by atoms with Crippen molar-refractivity contribution in [3.8, 4) is 0 Å². The molecule has 2 aromatic rings. The van der Waals surface area contributed by atoms with Gasteiger partial charge in [0.15, 0.2) is 0 Å². The molecular weight excluding hydrogens is 352 g/mol. The molecule has 0 bridgehead atoms. The van der Waals surface area contributed by atoms with Gasteiger partial charge in [-0.2, -0.15) is 0 Å². The highest BCUT2D eigenvalue weighted by molar-refractivity contribution is 6.67. The van der Waals surface area contributed by atoms with Crippen LogP contribution >= 0.6 is 0 Å². The minimum atomic E-state index is -0.745. The fraction of sp³-hybridized carbons (Fsp3) is 0.263. The van der Waals surface area contributed by atoms with Gasteiger partial charge in [0.05, 0.1) is 0 Å². The lowest BCUT2D eigenvalue weighted by molar-refractivity contribution is 0.111. The molecule has 4 nitrogen and oxygen atoms in total. The smallest absolute Gasteiger partial charge is 0.324 e. The summed E-state index contributed by atoms with van der Waals surface area (Å²) < 4.78 is 31.0. The number of carbonyl (C=O) groups is 2. The average molecular weight is 374 g/mol. The number of rotatable bonds is 6. The van der Waals surface area contributed by atoms with E-state index in [0.29, 0.717) is 23.6 Å². The molecule has 0 aromatic heterocycles. The van der Waals surface area contributed by atoms with Gasteiger partial charge in [0.25, 0.3) is 0 Å². The summed E-state index contributed by atoms with van der Waals surface area (Å²) in [4.78, 5) is 21.2. The second-order valence-corrected chi connectivity index (χ2v) is 6.29. The Morgan fingerprint density at radius 2 is 1.37 bits per heavy atom. The molecule has 0 heterocycles. The van der Waals surface area contributed by atoms with Gasteiger partial charge in [0.1, 0.15) is 24.2 Å². The zero-order chi connectivity index (χ0) is 20.6. The first-order valence-corrected chi connectivity index (χ1v) is 8.52. The van der Waals surface area contributed by atoms with Crippen molar-refractivity contribution in [1.82, 2.24) is 0 Å². The van der Waals surface area contributed by atoms with Gasteiger partial charge in [-0.05, 0) is 49.0 Å². The molecule has 2 rings (SSSR count). The summed E-state index contributed by atoms with van der Waals surface area (Å²) in [6.45, 7) is 6.26. The van der Waals surface area contributed by atoms with Crippen molar-refractivity contribution >= 4 is 37.3 Å². The molecule has 142 valence electrons. The van der Waals surface area contributed by atoms with Gasteiger partial charge in [-0.25, -0.2) is 8.78 Å². The number of carbonyl (C=O) groups excluding carboxylic acids is 2. The summed E-state index contributed by atoms with van der Waals surface area (Å²) in [5.41, 5.74) is 1.72. The lowest BCUT2D eigenvalue weighted by Crippen LogP contribution is -2.35. The second kappa shape index (κ2) is 10.7. The highest BCUT2D eigenvalue weighted by Gasteiger charge is 2.17. The first kappa shape index (κ1) is 22.7. The minimum Gasteiger partial charge on any atom is -0.446 e. The molecule has 0 fully saturated rings. The van der Waals surface area contributed by atoms with Crippen LogP contribution in [0.15, 0.2) is 36.4 Å². The molecular formula is C19H22B2F2O4. The van der Waals surface area contributed by atoms with Gasteiger partial charge in [-0.3, -0.25) is 9.59 Å². The normalized spacial score (nSPS) is 10.1. The maximum absolute atomic E-state index is 12.9. The number of hydrogen-bond acceptors (Lipinski definition) is 4. The van der Waals surface area contributed by atoms with Crippen LogP contribution in [0.4, 0.5) is 8.78 Å². The van der Waals surface area contributed by atoms with Crippen LogP contribution in [0.5, 0.6) is 0 Å². The van der Waals surface area contributed by atoms with E-state index >= 15 is 0 Å². The molecule has 0 saturated carbocycles. The minimum absolute atomic E-state index is 0.0737. The van der Waals surface area contributed by atoms with E-state index in [1.165, 1.54) is 31.1 Å². The van der Waals surface area contributed by atoms with Gasteiger partial charge in [0, 0.05) is 17.2 Å². The van der Waals surface area contributed by atoms with E-state index in [1.54, 1.807) is 6.07 Å². The molecule has 0 aliphatic carbocycles. The Kier molecular flexibility index (Phi) is 9.05. The van der Waals surface area contributed by atoms with Crippen molar-refractivity contribution in [2.45, 2.75) is 33.6 Å². The predicted octanol–water partition coefficient (Wildman–Crippen LogP) is 2.35. The molecule has 0 atom stereocenters. The molecule has 0 spiro atoms. The van der Waals surface area contributed by atoms with Crippen molar-refractivity contribution in [3.05, 3.63) is 59.2 Å². The lowest BCUT2D eigenvalue weighted by atomic mass is 9.62. The van der Waals surface area contributed by atoms with Gasteiger partial charge in [0.2, 0.25) is 0 Å². The van der Waals surface area contributed by atoms with Crippen molar-refractivity contribution in [2.75, 3.05) is 0 Å². The number of benzene rings is 2. The first-order chi connectivity index (χ1) is 12.7. The van der Waals surface area contributed by atoms with Crippen LogP contribution in [0.2, 0.25) is 13.6 Å². The van der Waals surface area contributed by atoms with E-state index < -0.39 is 18.6 Å². The summed E-state index contributed by atoms with van der Waals surface area (Å²) in [6, 6.07) is 7.88. The molecule has 0 aliphatic rings. The fourth-order valence-corrected chi connectivity index (χ4v) is 2.53. The fourth-order valence-electron chi connectivity index (χ4n) is 2.53. The van der Waals surface area contributed by atoms with E-state index in [9.17, 15) is 18.4 Å². The first-order valence-electron chi connectivity index (χ1n) is 8.52. The Bertz CT molecular complexity index is 782. The van der Waals surface area contributed by atoms with Gasteiger partial charge in [-0.15, -0.1) is 0 Å². The summed E-state index contributed by atoms with van der Waals surface area (Å²) in [5, 5.41) is 9.15. The van der Waals surface area contributed by atoms with Crippen molar-refractivity contribution in [3.63, 3.8) is 0 Å². The van der Waals surface area contributed by atoms with Gasteiger partial charge >= 0.3 is 13.8 Å². The Labute approximate surface area is 158 Å². The third-order valence-electron chi connectivity index (χ3n) is 3.72. The maximum Gasteiger partial charge on any atom is 0.324 e. The number of hydrogen-bond donors (Lipinski definition) is 1. The van der Waals surface area contributed by atoms with E-state index in [-0.39, 0.29) is 18.6 Å². The third kappa shape index (κ3) is 7.07. The largest absolute Gasteiger partial charge is 0.446 e. The zero-order valence-electron chi connectivity index (χ0n) is 15.8. The Hall–Kier alpha value is -2.31. The molecule has 8 heteroatoms. The lowest BCUT2D eigenvalue weighted by Gasteiger charge is -2.14. The second-order valence-electron chi connectivity index (χ2n) is 6.29. The van der Waals surface area contributed by atoms with Crippen LogP contribution in [-0.2, 0) is 4.65 Å². The summed E-state index contributed by atoms with van der Waals surface area (Å²) in [6.07, 6.45) is 1.26. The van der Waals surface area contributed by atoms with E-state index in [0.717, 1.165) is 11.5 Å².